The molecule has 140 valence electrons. The third-order valence-electron chi connectivity index (χ3n) is 4.06. The number of thiazole rings is 1. The third kappa shape index (κ3) is 4.48. The van der Waals surface area contributed by atoms with E-state index in [2.05, 4.69) is 36.7 Å². The molecule has 0 amide bonds. The van der Waals surface area contributed by atoms with Gasteiger partial charge in [-0.15, -0.1) is 11.3 Å². The summed E-state index contributed by atoms with van der Waals surface area (Å²) in [5.41, 5.74) is 4.45. The Balaban J connectivity index is 1.89. The Morgan fingerprint density at radius 2 is 2.00 bits per heavy atom. The lowest BCUT2D eigenvalue weighted by Crippen LogP contribution is -1.96. The first-order valence-electron chi connectivity index (χ1n) is 8.71. The second-order valence-electron chi connectivity index (χ2n) is 6.08. The molecule has 0 atom stereocenters. The fourth-order valence-corrected chi connectivity index (χ4v) is 3.40. The van der Waals surface area contributed by atoms with Crippen LogP contribution in [0.4, 0.5) is 0 Å². The molecule has 3 aromatic rings. The molecule has 0 saturated carbocycles. The van der Waals surface area contributed by atoms with Crippen molar-refractivity contribution >= 4 is 23.0 Å². The zero-order valence-corrected chi connectivity index (χ0v) is 16.6. The molecule has 0 aliphatic carbocycles. The molecule has 3 rings (SSSR count). The Morgan fingerprint density at radius 3 is 2.68 bits per heavy atom. The average Bonchev–Trinajstić information content (AvgIpc) is 3.21. The molecule has 0 aliphatic heterocycles. The molecule has 0 fully saturated rings. The Morgan fingerprint density at radius 1 is 1.21 bits per heavy atom. The topological polar surface area (TPSA) is 55.1 Å². The zero-order valence-electron chi connectivity index (χ0n) is 15.8. The van der Waals surface area contributed by atoms with Crippen LogP contribution in [-0.4, -0.2) is 18.7 Å². The van der Waals surface area contributed by atoms with Crippen LogP contribution in [0.5, 0.6) is 11.5 Å². The first kappa shape index (κ1) is 19.4. The molecule has 0 aliphatic rings. The van der Waals surface area contributed by atoms with Crippen LogP contribution in [-0.2, 0) is 0 Å². The van der Waals surface area contributed by atoms with Crippen LogP contribution < -0.4 is 9.47 Å². The predicted molar refractivity (Wildman–Crippen MR) is 114 cm³/mol. The van der Waals surface area contributed by atoms with Crippen molar-refractivity contribution in [1.82, 2.24) is 4.98 Å². The minimum Gasteiger partial charge on any atom is -0.493 e. The van der Waals surface area contributed by atoms with Crippen molar-refractivity contribution in [1.29, 1.82) is 5.26 Å². The van der Waals surface area contributed by atoms with Crippen molar-refractivity contribution in [3.63, 3.8) is 0 Å². The highest BCUT2D eigenvalue weighted by atomic mass is 32.1. The lowest BCUT2D eigenvalue weighted by Gasteiger charge is -2.09. The molecular weight excluding hydrogens is 368 g/mol. The van der Waals surface area contributed by atoms with E-state index < -0.39 is 0 Å². The van der Waals surface area contributed by atoms with Crippen molar-refractivity contribution in [2.24, 2.45) is 0 Å². The Hall–Kier alpha value is -3.36. The number of ether oxygens (including phenoxy) is 2. The predicted octanol–water partition coefficient (Wildman–Crippen LogP) is 5.76. The molecule has 0 radical (unpaired) electrons. The van der Waals surface area contributed by atoms with Gasteiger partial charge in [-0.05, 0) is 30.7 Å². The van der Waals surface area contributed by atoms with E-state index in [0.29, 0.717) is 28.7 Å². The number of nitrogens with zero attached hydrogens (tertiary/aromatic N) is 2. The maximum Gasteiger partial charge on any atom is 0.161 e. The van der Waals surface area contributed by atoms with E-state index in [9.17, 15) is 5.26 Å². The molecular formula is C23H20N2O2S. The van der Waals surface area contributed by atoms with Crippen LogP contribution >= 0.6 is 11.3 Å². The van der Waals surface area contributed by atoms with Gasteiger partial charge in [0, 0.05) is 10.9 Å². The van der Waals surface area contributed by atoms with E-state index in [4.69, 9.17) is 9.47 Å². The molecule has 28 heavy (non-hydrogen) atoms. The van der Waals surface area contributed by atoms with Crippen molar-refractivity contribution < 1.29 is 9.47 Å². The minimum atomic E-state index is 0.399. The van der Waals surface area contributed by atoms with E-state index in [1.807, 2.05) is 35.7 Å². The van der Waals surface area contributed by atoms with Crippen LogP contribution in [0.25, 0.3) is 22.9 Å². The van der Waals surface area contributed by atoms with Crippen LogP contribution in [0.3, 0.4) is 0 Å². The standard InChI is InChI=1S/C23H20N2O2S/c1-4-11-27-21-10-7-17(13-22(21)26-3)12-19(14-24)23-25-20(15-28-23)18-8-5-16(2)6-9-18/h4-10,12-13,15H,1,11H2,2-3H3/b19-12-. The number of hydrogen-bond acceptors (Lipinski definition) is 5. The van der Waals surface area contributed by atoms with Crippen LogP contribution in [0, 0.1) is 18.3 Å². The maximum absolute atomic E-state index is 9.64. The van der Waals surface area contributed by atoms with Crippen LogP contribution in [0.1, 0.15) is 16.1 Å². The van der Waals surface area contributed by atoms with Crippen molar-refractivity contribution in [2.75, 3.05) is 13.7 Å². The molecule has 1 aromatic heterocycles. The van der Waals surface area contributed by atoms with Gasteiger partial charge in [-0.1, -0.05) is 48.6 Å². The summed E-state index contributed by atoms with van der Waals surface area (Å²) >= 11 is 1.46. The second-order valence-corrected chi connectivity index (χ2v) is 6.94. The average molecular weight is 388 g/mol. The lowest BCUT2D eigenvalue weighted by molar-refractivity contribution is 0.326. The normalized spacial score (nSPS) is 11.0. The molecule has 1 heterocycles. The number of aromatic nitrogens is 1. The van der Waals surface area contributed by atoms with Crippen molar-refractivity contribution in [3.8, 4) is 28.8 Å². The lowest BCUT2D eigenvalue weighted by atomic mass is 10.1. The van der Waals surface area contributed by atoms with E-state index in [0.717, 1.165) is 16.8 Å². The molecule has 2 aromatic carbocycles. The number of hydrogen-bond donors (Lipinski definition) is 0. The maximum atomic E-state index is 9.64. The highest BCUT2D eigenvalue weighted by Crippen LogP contribution is 2.31. The summed E-state index contributed by atoms with van der Waals surface area (Å²) in [5, 5.41) is 12.3. The molecule has 0 saturated heterocycles. The molecule has 5 heteroatoms. The highest BCUT2D eigenvalue weighted by molar-refractivity contribution is 7.11. The number of nitriles is 1. The molecule has 0 spiro atoms. The minimum absolute atomic E-state index is 0.399. The third-order valence-corrected chi connectivity index (χ3v) is 4.93. The Labute approximate surface area is 169 Å². The quantitative estimate of drug-likeness (QED) is 0.382. The van der Waals surface area contributed by atoms with Gasteiger partial charge in [-0.3, -0.25) is 0 Å². The van der Waals surface area contributed by atoms with Gasteiger partial charge in [0.1, 0.15) is 17.7 Å². The van der Waals surface area contributed by atoms with Gasteiger partial charge in [0.25, 0.3) is 0 Å². The number of benzene rings is 2. The summed E-state index contributed by atoms with van der Waals surface area (Å²) in [5.74, 6) is 1.24. The number of rotatable bonds is 7. The largest absolute Gasteiger partial charge is 0.493 e. The van der Waals surface area contributed by atoms with Crippen molar-refractivity contribution in [3.05, 3.63) is 76.6 Å². The number of methoxy groups -OCH3 is 1. The zero-order chi connectivity index (χ0) is 19.9. The first-order valence-corrected chi connectivity index (χ1v) is 9.59. The smallest absolute Gasteiger partial charge is 0.161 e. The summed E-state index contributed by atoms with van der Waals surface area (Å²) in [4.78, 5) is 4.64. The van der Waals surface area contributed by atoms with Gasteiger partial charge < -0.3 is 9.47 Å². The number of allylic oxidation sites excluding steroid dienone is 1. The summed E-state index contributed by atoms with van der Waals surface area (Å²) in [6, 6.07) is 16.0. The van der Waals surface area contributed by atoms with Gasteiger partial charge in [0.05, 0.1) is 18.4 Å². The SMILES string of the molecule is C=CCOc1ccc(/C=C(/C#N)c2nc(-c3ccc(C)cc3)cs2)cc1OC. The Bertz CT molecular complexity index is 1040. The van der Waals surface area contributed by atoms with Crippen LogP contribution in [0.15, 0.2) is 60.5 Å². The fourth-order valence-electron chi connectivity index (χ4n) is 2.60. The van der Waals surface area contributed by atoms with E-state index in [-0.39, 0.29) is 0 Å². The summed E-state index contributed by atoms with van der Waals surface area (Å²) < 4.78 is 11.0. The number of aryl methyl sites for hydroxylation is 1. The highest BCUT2D eigenvalue weighted by Gasteiger charge is 2.10. The first-order chi connectivity index (χ1) is 13.6. The second kappa shape index (κ2) is 9.03. The molecule has 4 nitrogen and oxygen atoms in total. The fraction of sp³-hybridized carbons (Fsp3) is 0.130. The van der Waals surface area contributed by atoms with E-state index >= 15 is 0 Å². The van der Waals surface area contributed by atoms with Crippen molar-refractivity contribution in [2.45, 2.75) is 6.92 Å². The van der Waals surface area contributed by atoms with Gasteiger partial charge in [-0.25, -0.2) is 4.98 Å². The van der Waals surface area contributed by atoms with E-state index in [1.54, 1.807) is 19.3 Å². The Kier molecular flexibility index (Phi) is 6.25. The molecule has 0 N–H and O–H groups in total. The van der Waals surface area contributed by atoms with Gasteiger partial charge >= 0.3 is 0 Å². The monoisotopic (exact) mass is 388 g/mol. The molecule has 0 unspecified atom stereocenters. The summed E-state index contributed by atoms with van der Waals surface area (Å²) in [6.07, 6.45) is 3.48. The van der Waals surface area contributed by atoms with Gasteiger partial charge in [-0.2, -0.15) is 5.26 Å². The van der Waals surface area contributed by atoms with Gasteiger partial charge in [0.2, 0.25) is 0 Å². The molecule has 0 bridgehead atoms. The van der Waals surface area contributed by atoms with Gasteiger partial charge in [0.15, 0.2) is 11.5 Å². The van der Waals surface area contributed by atoms with Crippen LogP contribution in [0.2, 0.25) is 0 Å². The van der Waals surface area contributed by atoms with E-state index in [1.165, 1.54) is 16.9 Å². The summed E-state index contributed by atoms with van der Waals surface area (Å²) in [7, 11) is 1.59. The summed E-state index contributed by atoms with van der Waals surface area (Å²) in [6.45, 7) is 6.09.